The number of piperazine rings is 1. The van der Waals surface area contributed by atoms with Crippen molar-refractivity contribution in [2.24, 2.45) is 0 Å². The van der Waals surface area contributed by atoms with Gasteiger partial charge in [-0.15, -0.1) is 0 Å². The molecule has 188 valence electrons. The van der Waals surface area contributed by atoms with Crippen LogP contribution in [-0.4, -0.2) is 63.9 Å². The Kier molecular flexibility index (Phi) is 7.43. The number of nitrogens with zero attached hydrogens (tertiary/aromatic N) is 5. The van der Waals surface area contributed by atoms with Gasteiger partial charge in [-0.25, -0.2) is 14.4 Å². The molecule has 37 heavy (non-hydrogen) atoms. The smallest absolute Gasteiger partial charge is 0.255 e. The fraction of sp³-hybridized carbons (Fsp3) is 0.214. The summed E-state index contributed by atoms with van der Waals surface area (Å²) in [6, 6.07) is 17.4. The van der Waals surface area contributed by atoms with Crippen molar-refractivity contribution in [1.29, 1.82) is 0 Å². The first kappa shape index (κ1) is 24.5. The third kappa shape index (κ3) is 6.32. The monoisotopic (exact) mass is 497 g/mol. The standard InChI is InChI=1S/C28H28FN7O/c1-35-13-15-36(16-14-35)19-20-4-6-21(7-5-20)27(37)33-26-17-23(8-9-24(26)29)32-28-31-12-10-25(34-28)22-3-2-11-30-18-22/h2-12,17-18H,13-16,19H2,1H3,(H,33,37)(H,31,32,34). The average Bonchev–Trinajstić information content (AvgIpc) is 2.93. The number of nitrogens with one attached hydrogen (secondary N) is 2. The van der Waals surface area contributed by atoms with E-state index in [0.717, 1.165) is 43.9 Å². The van der Waals surface area contributed by atoms with E-state index >= 15 is 0 Å². The molecule has 8 nitrogen and oxygen atoms in total. The van der Waals surface area contributed by atoms with Crippen molar-refractivity contribution in [3.05, 3.63) is 96.2 Å². The Morgan fingerprint density at radius 3 is 2.57 bits per heavy atom. The van der Waals surface area contributed by atoms with Crippen molar-refractivity contribution in [1.82, 2.24) is 24.8 Å². The second-order valence-corrected chi connectivity index (χ2v) is 9.06. The lowest BCUT2D eigenvalue weighted by Crippen LogP contribution is -2.43. The number of aromatic nitrogens is 3. The van der Waals surface area contributed by atoms with Crippen molar-refractivity contribution in [2.75, 3.05) is 43.9 Å². The van der Waals surface area contributed by atoms with Gasteiger partial charge in [-0.1, -0.05) is 12.1 Å². The van der Waals surface area contributed by atoms with Crippen molar-refractivity contribution < 1.29 is 9.18 Å². The van der Waals surface area contributed by atoms with E-state index in [4.69, 9.17) is 0 Å². The van der Waals surface area contributed by atoms with E-state index in [1.165, 1.54) is 12.1 Å². The van der Waals surface area contributed by atoms with Crippen molar-refractivity contribution in [3.63, 3.8) is 0 Å². The van der Waals surface area contributed by atoms with Crippen LogP contribution in [0.4, 0.5) is 21.7 Å². The molecule has 0 radical (unpaired) electrons. The van der Waals surface area contributed by atoms with Crippen LogP contribution in [0.1, 0.15) is 15.9 Å². The number of likely N-dealkylation sites (N-methyl/N-ethyl adjacent to an activating group) is 1. The Hall–Kier alpha value is -4.21. The number of rotatable bonds is 7. The van der Waals surface area contributed by atoms with Gasteiger partial charge in [0.05, 0.1) is 11.4 Å². The van der Waals surface area contributed by atoms with Crippen LogP contribution < -0.4 is 10.6 Å². The first-order valence-electron chi connectivity index (χ1n) is 12.1. The normalized spacial score (nSPS) is 14.3. The third-order valence-electron chi connectivity index (χ3n) is 6.30. The number of halogens is 1. The summed E-state index contributed by atoms with van der Waals surface area (Å²) in [7, 11) is 2.13. The van der Waals surface area contributed by atoms with Gasteiger partial charge in [0.2, 0.25) is 5.95 Å². The van der Waals surface area contributed by atoms with Gasteiger partial charge in [0.15, 0.2) is 0 Å². The molecule has 1 saturated heterocycles. The van der Waals surface area contributed by atoms with Gasteiger partial charge >= 0.3 is 0 Å². The minimum absolute atomic E-state index is 0.0694. The Balaban J connectivity index is 1.24. The number of anilines is 3. The maximum absolute atomic E-state index is 14.5. The fourth-order valence-corrected chi connectivity index (χ4v) is 4.14. The lowest BCUT2D eigenvalue weighted by atomic mass is 10.1. The molecule has 2 aromatic carbocycles. The van der Waals surface area contributed by atoms with E-state index in [2.05, 4.69) is 42.4 Å². The predicted octanol–water partition coefficient (Wildman–Crippen LogP) is 4.42. The van der Waals surface area contributed by atoms with Crippen LogP contribution >= 0.6 is 0 Å². The van der Waals surface area contributed by atoms with Crippen LogP contribution in [0.25, 0.3) is 11.3 Å². The fourth-order valence-electron chi connectivity index (χ4n) is 4.14. The molecule has 0 bridgehead atoms. The zero-order valence-electron chi connectivity index (χ0n) is 20.6. The number of carbonyl (C=O) groups excluding carboxylic acids is 1. The van der Waals surface area contributed by atoms with Gasteiger partial charge < -0.3 is 15.5 Å². The lowest BCUT2D eigenvalue weighted by Gasteiger charge is -2.32. The molecule has 0 aliphatic carbocycles. The van der Waals surface area contributed by atoms with E-state index in [1.807, 2.05) is 24.3 Å². The number of pyridine rings is 1. The molecule has 2 N–H and O–H groups in total. The predicted molar refractivity (Wildman–Crippen MR) is 142 cm³/mol. The highest BCUT2D eigenvalue weighted by Gasteiger charge is 2.15. The largest absolute Gasteiger partial charge is 0.324 e. The molecule has 1 fully saturated rings. The van der Waals surface area contributed by atoms with Crippen LogP contribution in [0.3, 0.4) is 0 Å². The molecular formula is C28H28FN7O. The summed E-state index contributed by atoms with van der Waals surface area (Å²) in [5.74, 6) is -0.561. The molecule has 5 rings (SSSR count). The van der Waals surface area contributed by atoms with Crippen LogP contribution in [0.15, 0.2) is 79.3 Å². The summed E-state index contributed by atoms with van der Waals surface area (Å²) >= 11 is 0. The van der Waals surface area contributed by atoms with Gasteiger partial charge in [-0.05, 0) is 61.1 Å². The molecule has 9 heteroatoms. The maximum Gasteiger partial charge on any atom is 0.255 e. The van der Waals surface area contributed by atoms with Crippen LogP contribution in [0.5, 0.6) is 0 Å². The van der Waals surface area contributed by atoms with E-state index in [-0.39, 0.29) is 11.6 Å². The second kappa shape index (κ2) is 11.2. The highest BCUT2D eigenvalue weighted by atomic mass is 19.1. The zero-order valence-corrected chi connectivity index (χ0v) is 20.6. The third-order valence-corrected chi connectivity index (χ3v) is 6.30. The highest BCUT2D eigenvalue weighted by Crippen LogP contribution is 2.24. The van der Waals surface area contributed by atoms with Crippen molar-refractivity contribution in [3.8, 4) is 11.3 Å². The van der Waals surface area contributed by atoms with E-state index < -0.39 is 5.82 Å². The molecular weight excluding hydrogens is 469 g/mol. The molecule has 4 aromatic rings. The van der Waals surface area contributed by atoms with Crippen molar-refractivity contribution >= 4 is 23.2 Å². The molecule has 3 heterocycles. The molecule has 1 amide bonds. The van der Waals surface area contributed by atoms with Gasteiger partial charge in [0.1, 0.15) is 5.82 Å². The molecule has 0 atom stereocenters. The SMILES string of the molecule is CN1CCN(Cc2ccc(C(=O)Nc3cc(Nc4nccc(-c5cccnc5)n4)ccc3F)cc2)CC1. The second-order valence-electron chi connectivity index (χ2n) is 9.06. The first-order chi connectivity index (χ1) is 18.0. The molecule has 0 unspecified atom stereocenters. The summed E-state index contributed by atoms with van der Waals surface area (Å²) < 4.78 is 14.5. The van der Waals surface area contributed by atoms with Gasteiger partial charge in [0, 0.05) is 68.1 Å². The summed E-state index contributed by atoms with van der Waals surface area (Å²) in [6.07, 6.45) is 5.05. The van der Waals surface area contributed by atoms with Gasteiger partial charge in [-0.2, -0.15) is 0 Å². The number of amides is 1. The Morgan fingerprint density at radius 2 is 1.81 bits per heavy atom. The van der Waals surface area contributed by atoms with Crippen molar-refractivity contribution in [2.45, 2.75) is 6.54 Å². The number of benzene rings is 2. The Morgan fingerprint density at radius 1 is 1.00 bits per heavy atom. The summed E-state index contributed by atoms with van der Waals surface area (Å²) in [4.78, 5) is 30.4. The van der Waals surface area contributed by atoms with Gasteiger partial charge in [-0.3, -0.25) is 14.7 Å². The lowest BCUT2D eigenvalue weighted by molar-refractivity contribution is 0.102. The molecule has 1 aliphatic rings. The van der Waals surface area contributed by atoms with Crippen LogP contribution in [-0.2, 0) is 6.54 Å². The summed E-state index contributed by atoms with van der Waals surface area (Å²) in [5.41, 5.74) is 3.79. The van der Waals surface area contributed by atoms with E-state index in [1.54, 1.807) is 42.9 Å². The minimum atomic E-state index is -0.532. The van der Waals surface area contributed by atoms with Crippen LogP contribution in [0, 0.1) is 5.82 Å². The molecule has 1 aliphatic heterocycles. The molecule has 0 spiro atoms. The molecule has 0 saturated carbocycles. The topological polar surface area (TPSA) is 86.3 Å². The first-order valence-corrected chi connectivity index (χ1v) is 12.1. The van der Waals surface area contributed by atoms with Crippen LogP contribution in [0.2, 0.25) is 0 Å². The Labute approximate surface area is 215 Å². The quantitative estimate of drug-likeness (QED) is 0.391. The number of hydrogen-bond donors (Lipinski definition) is 2. The van der Waals surface area contributed by atoms with Gasteiger partial charge in [0.25, 0.3) is 5.91 Å². The molecule has 2 aromatic heterocycles. The summed E-state index contributed by atoms with van der Waals surface area (Å²) in [5, 5.41) is 5.75. The average molecular weight is 498 g/mol. The maximum atomic E-state index is 14.5. The minimum Gasteiger partial charge on any atom is -0.324 e. The number of carbonyl (C=O) groups is 1. The summed E-state index contributed by atoms with van der Waals surface area (Å²) in [6.45, 7) is 5.02. The highest BCUT2D eigenvalue weighted by molar-refractivity contribution is 6.04. The zero-order chi connectivity index (χ0) is 25.6. The Bertz CT molecular complexity index is 1360. The van der Waals surface area contributed by atoms with E-state index in [9.17, 15) is 9.18 Å². The van der Waals surface area contributed by atoms with E-state index in [0.29, 0.717) is 22.9 Å². The number of hydrogen-bond acceptors (Lipinski definition) is 7.